The third-order valence-electron chi connectivity index (χ3n) is 1.67. The van der Waals surface area contributed by atoms with Gasteiger partial charge in [-0.3, -0.25) is 4.79 Å². The van der Waals surface area contributed by atoms with E-state index in [0.29, 0.717) is 6.42 Å². The average Bonchev–Trinajstić information content (AvgIpc) is 2.36. The molecule has 0 spiro atoms. The first-order valence-corrected chi connectivity index (χ1v) is 3.60. The van der Waals surface area contributed by atoms with Crippen molar-refractivity contribution in [2.24, 2.45) is 0 Å². The van der Waals surface area contributed by atoms with E-state index in [0.717, 1.165) is 5.56 Å². The van der Waals surface area contributed by atoms with E-state index in [1.165, 1.54) is 5.56 Å². The smallest absolute Gasteiger partial charge is 0 e. The van der Waals surface area contributed by atoms with Crippen LogP contribution in [-0.2, 0) is 37.7 Å². The Hall–Kier alpha value is -1.36. The monoisotopic (exact) mass is 254 g/mol. The minimum Gasteiger partial charge on any atom is 0 e. The molecule has 80 valence electrons. The summed E-state index contributed by atoms with van der Waals surface area (Å²) >= 11 is 0. The zero-order valence-electron chi connectivity index (χ0n) is 8.06. The summed E-state index contributed by atoms with van der Waals surface area (Å²) in [4.78, 5) is 10.7. The van der Waals surface area contributed by atoms with E-state index in [4.69, 9.17) is 14.0 Å². The maximum Gasteiger partial charge on any atom is 0 e. The Morgan fingerprint density at radius 1 is 0.938 bits per heavy atom. The van der Waals surface area contributed by atoms with E-state index in [9.17, 15) is 4.79 Å². The maximum absolute atomic E-state index is 10.7. The summed E-state index contributed by atoms with van der Waals surface area (Å²) in [5, 5.41) is 0. The maximum atomic E-state index is 10.7. The number of carbonyl (C=O) groups excluding carboxylic acids is 1. The molecule has 0 N–H and O–H groups in total. The first-order valence-electron chi connectivity index (χ1n) is 3.60. The molecule has 4 nitrogen and oxygen atoms in total. The second kappa shape index (κ2) is 13.6. The molecule has 1 aromatic carbocycles. The van der Waals surface area contributed by atoms with Gasteiger partial charge in [-0.25, -0.2) is 0 Å². The van der Waals surface area contributed by atoms with Crippen LogP contribution < -0.4 is 0 Å². The molecule has 16 heavy (non-hydrogen) atoms. The minimum atomic E-state index is 0. The van der Waals surface area contributed by atoms with Gasteiger partial charge in [0.15, 0.2) is 5.78 Å². The third-order valence-corrected chi connectivity index (χ3v) is 1.67. The van der Waals surface area contributed by atoms with E-state index in [2.05, 4.69) is 20.0 Å². The van der Waals surface area contributed by atoms with Crippen molar-refractivity contribution in [3.63, 3.8) is 0 Å². The molecular weight excluding hydrogens is 248 g/mol. The van der Waals surface area contributed by atoms with Crippen molar-refractivity contribution in [3.8, 4) is 0 Å². The second-order valence-corrected chi connectivity index (χ2v) is 2.26. The number of hydrogen-bond acceptors (Lipinski definition) is 1. The number of Topliss-reactive ketones (excluding diaryl/α,β-unsaturated/α-hetero) is 1. The number of hydrogen-bond donors (Lipinski definition) is 0. The summed E-state index contributed by atoms with van der Waals surface area (Å²) < 4.78 is 22.5. The summed E-state index contributed by atoms with van der Waals surface area (Å²) in [6.45, 7) is 13.5. The number of fused-ring (bicyclic) bond motifs is 1. The summed E-state index contributed by atoms with van der Waals surface area (Å²) in [6.07, 6.45) is 0.649. The molecule has 0 bridgehead atoms. The molecular formula is C11H6CrO4. The van der Waals surface area contributed by atoms with Gasteiger partial charge in [-0.1, -0.05) is 24.3 Å². The fourth-order valence-corrected chi connectivity index (χ4v) is 1.11. The number of rotatable bonds is 0. The topological polar surface area (TPSA) is 76.8 Å². The molecule has 0 saturated heterocycles. The van der Waals surface area contributed by atoms with Crippen LogP contribution in [-0.4, -0.2) is 5.78 Å². The Balaban J connectivity index is -0.000000214. The number of carbonyl (C=O) groups is 1. The van der Waals surface area contributed by atoms with Gasteiger partial charge in [-0.15, -0.1) is 0 Å². The molecule has 0 fully saturated rings. The zero-order chi connectivity index (χ0) is 12.3. The van der Waals surface area contributed by atoms with Gasteiger partial charge in [0.25, 0.3) is 0 Å². The molecule has 0 heterocycles. The van der Waals surface area contributed by atoms with Crippen LogP contribution in [0.25, 0.3) is 0 Å². The molecule has 0 saturated carbocycles. The van der Waals surface area contributed by atoms with Crippen molar-refractivity contribution >= 4 is 5.78 Å². The van der Waals surface area contributed by atoms with Crippen molar-refractivity contribution in [3.05, 3.63) is 55.3 Å². The van der Waals surface area contributed by atoms with Crippen LogP contribution in [0.4, 0.5) is 0 Å². The van der Waals surface area contributed by atoms with Gasteiger partial charge >= 0.3 is 33.9 Å². The summed E-state index contributed by atoms with van der Waals surface area (Å²) in [5.74, 6) is 0.283. The first-order chi connectivity index (χ1) is 7.38. The summed E-state index contributed by atoms with van der Waals surface area (Å²) in [6, 6.07) is 7.74. The van der Waals surface area contributed by atoms with Crippen LogP contribution >= 0.6 is 0 Å². The Bertz CT molecular complexity index is 365. The van der Waals surface area contributed by atoms with Crippen molar-refractivity contribution in [2.45, 2.75) is 6.42 Å². The number of ketones is 1. The fourth-order valence-electron chi connectivity index (χ4n) is 1.11. The Kier molecular flexibility index (Phi) is 17.1. The minimum absolute atomic E-state index is 0. The molecule has 2 rings (SSSR count). The van der Waals surface area contributed by atoms with Gasteiger partial charge in [0.05, 0.1) is 0 Å². The predicted octanol–water partition coefficient (Wildman–Crippen LogP) is 1.31. The predicted molar refractivity (Wildman–Crippen MR) is 46.3 cm³/mol. The van der Waals surface area contributed by atoms with E-state index in [-0.39, 0.29) is 23.1 Å². The van der Waals surface area contributed by atoms with Gasteiger partial charge in [-0.2, -0.15) is 0 Å². The van der Waals surface area contributed by atoms with Gasteiger partial charge in [0.1, 0.15) is 0 Å². The molecule has 0 radical (unpaired) electrons. The van der Waals surface area contributed by atoms with Crippen LogP contribution in [0, 0.1) is 20.0 Å². The SMILES string of the molecule is O=C1Cc2ccccc21.[C-]#[O+].[C-]#[O+].[C-]#[O+].[Cr]. The molecule has 0 aromatic heterocycles. The van der Waals surface area contributed by atoms with Crippen molar-refractivity contribution in [2.75, 3.05) is 0 Å². The van der Waals surface area contributed by atoms with Crippen LogP contribution in [0.1, 0.15) is 15.9 Å². The second-order valence-electron chi connectivity index (χ2n) is 2.26. The van der Waals surface area contributed by atoms with Crippen LogP contribution in [0.5, 0.6) is 0 Å². The third kappa shape index (κ3) is 5.51. The quantitative estimate of drug-likeness (QED) is 0.508. The van der Waals surface area contributed by atoms with E-state index < -0.39 is 0 Å². The molecule has 0 unspecified atom stereocenters. The first kappa shape index (κ1) is 20.1. The van der Waals surface area contributed by atoms with Crippen LogP contribution in [0.2, 0.25) is 0 Å². The molecule has 5 heteroatoms. The standard InChI is InChI=1S/C8H6O.3CO.Cr/c9-8-5-6-3-1-2-4-7(6)8;3*1-2;/h1-4H,5H2;;;;. The average molecular weight is 254 g/mol. The Labute approximate surface area is 104 Å². The molecule has 1 aliphatic carbocycles. The zero-order valence-corrected chi connectivity index (χ0v) is 9.33. The Morgan fingerprint density at radius 3 is 1.69 bits per heavy atom. The van der Waals surface area contributed by atoms with E-state index in [1.54, 1.807) is 0 Å². The Morgan fingerprint density at radius 2 is 1.38 bits per heavy atom. The van der Waals surface area contributed by atoms with Crippen LogP contribution in [0.3, 0.4) is 0 Å². The van der Waals surface area contributed by atoms with E-state index >= 15 is 0 Å². The van der Waals surface area contributed by atoms with Gasteiger partial charge < -0.3 is 0 Å². The summed E-state index contributed by atoms with van der Waals surface area (Å²) in [5.41, 5.74) is 2.11. The molecule has 1 aromatic rings. The molecule has 0 amide bonds. The van der Waals surface area contributed by atoms with E-state index in [1.807, 2.05) is 24.3 Å². The van der Waals surface area contributed by atoms with Gasteiger partial charge in [-0.05, 0) is 5.56 Å². The molecule has 0 aliphatic heterocycles. The largest absolute Gasteiger partial charge is 0 e. The normalized spacial score (nSPS) is 8.50. The molecule has 0 atom stereocenters. The fraction of sp³-hybridized carbons (Fsp3) is 0.0909. The van der Waals surface area contributed by atoms with Gasteiger partial charge in [0.2, 0.25) is 0 Å². The van der Waals surface area contributed by atoms with Crippen molar-refractivity contribution in [1.29, 1.82) is 0 Å². The summed E-state index contributed by atoms with van der Waals surface area (Å²) in [7, 11) is 0. The van der Waals surface area contributed by atoms with Crippen LogP contribution in [0.15, 0.2) is 24.3 Å². The van der Waals surface area contributed by atoms with Crippen molar-refractivity contribution in [1.82, 2.24) is 0 Å². The van der Waals surface area contributed by atoms with Crippen molar-refractivity contribution < 1.29 is 36.1 Å². The number of benzene rings is 1. The molecule has 1 aliphatic rings. The van der Waals surface area contributed by atoms with Gasteiger partial charge in [0, 0.05) is 29.3 Å².